The largest absolute Gasteiger partial charge is 0.481 e. The zero-order valence-electron chi connectivity index (χ0n) is 24.6. The Balaban J connectivity index is 0.00000235. The molecule has 0 unspecified atom stereocenters. The number of thiazole rings is 1. The van der Waals surface area contributed by atoms with Gasteiger partial charge in [-0.05, 0) is 51.4 Å². The van der Waals surface area contributed by atoms with Crippen LogP contribution in [0.25, 0.3) is 11.3 Å². The molecule has 0 spiro atoms. The fraction of sp³-hybridized carbons (Fsp3) is 0.500. The van der Waals surface area contributed by atoms with Crippen molar-refractivity contribution in [2.75, 3.05) is 49.5 Å². The van der Waals surface area contributed by atoms with E-state index in [1.807, 2.05) is 0 Å². The van der Waals surface area contributed by atoms with E-state index in [0.717, 1.165) is 36.4 Å². The van der Waals surface area contributed by atoms with E-state index in [4.69, 9.17) is 5.11 Å². The predicted molar refractivity (Wildman–Crippen MR) is 174 cm³/mol. The zero-order valence-corrected chi connectivity index (χ0v) is 27.9. The summed E-state index contributed by atoms with van der Waals surface area (Å²) in [5, 5.41) is 12.6. The lowest BCUT2D eigenvalue weighted by atomic mass is 10.1. The summed E-state index contributed by atoms with van der Waals surface area (Å²) in [7, 11) is 0. The van der Waals surface area contributed by atoms with Crippen molar-refractivity contribution in [1.29, 1.82) is 0 Å². The van der Waals surface area contributed by atoms with Gasteiger partial charge in [-0.3, -0.25) is 14.6 Å². The Kier molecular flexibility index (Phi) is 14.1. The molecular formula is C28H36Cl3F4N7O2S. The van der Waals surface area contributed by atoms with Crippen LogP contribution >= 0.6 is 48.6 Å². The Morgan fingerprint density at radius 1 is 1.04 bits per heavy atom. The second-order valence-corrected chi connectivity index (χ2v) is 11.8. The highest BCUT2D eigenvalue weighted by atomic mass is 35.5. The Morgan fingerprint density at radius 2 is 1.76 bits per heavy atom. The number of aromatic nitrogens is 3. The molecule has 17 heteroatoms. The van der Waals surface area contributed by atoms with Gasteiger partial charge >= 0.3 is 12.1 Å². The third-order valence-electron chi connectivity index (χ3n) is 7.63. The highest BCUT2D eigenvalue weighted by molar-refractivity contribution is 7.16. The molecular weight excluding hydrogens is 681 g/mol. The molecule has 0 amide bonds. The number of hydrogen-bond acceptors (Lipinski definition) is 9. The van der Waals surface area contributed by atoms with Gasteiger partial charge in [0.05, 0.1) is 17.7 Å². The third-order valence-corrected chi connectivity index (χ3v) is 8.59. The van der Waals surface area contributed by atoms with Crippen LogP contribution in [0.5, 0.6) is 0 Å². The van der Waals surface area contributed by atoms with Gasteiger partial charge in [0, 0.05) is 61.8 Å². The number of carboxylic acid groups (broad SMARTS) is 1. The summed E-state index contributed by atoms with van der Waals surface area (Å²) in [6, 6.07) is 4.66. The number of aliphatic carboxylic acids is 1. The molecule has 9 nitrogen and oxygen atoms in total. The summed E-state index contributed by atoms with van der Waals surface area (Å²) in [6.45, 7) is 8.53. The fourth-order valence-corrected chi connectivity index (χ4v) is 6.40. The standard InChI is InChI=1S/C28H33F4N7O2S.3ClH/c1-17-4-3-6-39(17)16-22-26(19-12-20(28(30,31)32)14-21(29)13-19)36-27(42-22)35-23-15-24(34-18(2)33-23)38-10-8-37(9-11-38)7-5-25(40)41;;;/h12-15,17H,3-11,16H2,1-2H3,(H,40,41)(H,33,34,35,36);3*1H/t17-;;;/m1.../s1. The maximum atomic E-state index is 14.4. The highest BCUT2D eigenvalue weighted by Crippen LogP contribution is 2.38. The Labute approximate surface area is 281 Å². The molecule has 0 radical (unpaired) electrons. The van der Waals surface area contributed by atoms with Crippen molar-refractivity contribution in [1.82, 2.24) is 24.8 Å². The zero-order chi connectivity index (χ0) is 30.0. The highest BCUT2D eigenvalue weighted by Gasteiger charge is 2.32. The Morgan fingerprint density at radius 3 is 2.38 bits per heavy atom. The number of rotatable bonds is 9. The van der Waals surface area contributed by atoms with Gasteiger partial charge in [-0.25, -0.2) is 19.3 Å². The average Bonchev–Trinajstić information content (AvgIpc) is 3.52. The van der Waals surface area contributed by atoms with Crippen molar-refractivity contribution in [2.45, 2.75) is 51.9 Å². The van der Waals surface area contributed by atoms with Gasteiger partial charge in [0.1, 0.15) is 23.3 Å². The second kappa shape index (κ2) is 16.4. The number of carboxylic acids is 1. The van der Waals surface area contributed by atoms with Crippen molar-refractivity contribution in [3.8, 4) is 11.3 Å². The van der Waals surface area contributed by atoms with Crippen LogP contribution in [0.1, 0.15) is 42.5 Å². The number of halogens is 7. The quantitative estimate of drug-likeness (QED) is 0.236. The van der Waals surface area contributed by atoms with Crippen LogP contribution in [0, 0.1) is 12.7 Å². The van der Waals surface area contributed by atoms with Crippen LogP contribution in [0.2, 0.25) is 0 Å². The van der Waals surface area contributed by atoms with Gasteiger partial charge < -0.3 is 15.3 Å². The maximum Gasteiger partial charge on any atom is 0.416 e. The van der Waals surface area contributed by atoms with Crippen molar-refractivity contribution in [3.05, 3.63) is 46.3 Å². The van der Waals surface area contributed by atoms with Gasteiger partial charge in [-0.15, -0.1) is 37.2 Å². The van der Waals surface area contributed by atoms with Gasteiger partial charge in [0.2, 0.25) is 0 Å². The lowest BCUT2D eigenvalue weighted by Gasteiger charge is -2.35. The van der Waals surface area contributed by atoms with Crippen molar-refractivity contribution in [3.63, 3.8) is 0 Å². The van der Waals surface area contributed by atoms with Crippen LogP contribution in [-0.2, 0) is 17.5 Å². The van der Waals surface area contributed by atoms with E-state index in [0.29, 0.717) is 79.7 Å². The normalized spacial score (nSPS) is 17.3. The minimum Gasteiger partial charge on any atom is -0.481 e. The van der Waals surface area contributed by atoms with E-state index >= 15 is 0 Å². The minimum absolute atomic E-state index is 0. The number of alkyl halides is 3. The lowest BCUT2D eigenvalue weighted by Crippen LogP contribution is -2.47. The van der Waals surface area contributed by atoms with Crippen molar-refractivity contribution < 1.29 is 27.5 Å². The number of benzene rings is 1. The van der Waals surface area contributed by atoms with Crippen LogP contribution < -0.4 is 10.2 Å². The van der Waals surface area contributed by atoms with E-state index in [2.05, 4.69) is 41.9 Å². The molecule has 0 aliphatic carbocycles. The molecule has 2 aliphatic rings. The number of likely N-dealkylation sites (tertiary alicyclic amines) is 1. The van der Waals surface area contributed by atoms with Gasteiger partial charge in [0.25, 0.3) is 0 Å². The lowest BCUT2D eigenvalue weighted by molar-refractivity contribution is -0.138. The molecule has 250 valence electrons. The number of nitrogens with one attached hydrogen (secondary N) is 1. The molecule has 4 heterocycles. The number of anilines is 3. The van der Waals surface area contributed by atoms with Gasteiger partial charge in [0.15, 0.2) is 5.13 Å². The van der Waals surface area contributed by atoms with Gasteiger partial charge in [-0.1, -0.05) is 11.3 Å². The predicted octanol–water partition coefficient (Wildman–Crippen LogP) is 6.66. The van der Waals surface area contributed by atoms with Crippen molar-refractivity contribution in [2.24, 2.45) is 0 Å². The molecule has 45 heavy (non-hydrogen) atoms. The summed E-state index contributed by atoms with van der Waals surface area (Å²) >= 11 is 1.32. The van der Waals surface area contributed by atoms with Gasteiger partial charge in [-0.2, -0.15) is 13.2 Å². The number of nitrogens with zero attached hydrogens (tertiary/aromatic N) is 6. The fourth-order valence-electron chi connectivity index (χ4n) is 5.38. The van der Waals surface area contributed by atoms with Crippen LogP contribution in [0.3, 0.4) is 0 Å². The first-order chi connectivity index (χ1) is 19.9. The average molecular weight is 717 g/mol. The number of hydrogen-bond donors (Lipinski definition) is 2. The van der Waals surface area contributed by atoms with Crippen molar-refractivity contribution >= 4 is 71.3 Å². The van der Waals surface area contributed by atoms with E-state index < -0.39 is 23.5 Å². The van der Waals surface area contributed by atoms with Crippen LogP contribution in [0.15, 0.2) is 24.3 Å². The number of aryl methyl sites for hydroxylation is 1. The van der Waals surface area contributed by atoms with E-state index in [1.165, 1.54) is 11.3 Å². The van der Waals surface area contributed by atoms with E-state index in [-0.39, 0.29) is 49.2 Å². The molecule has 0 saturated carbocycles. The summed E-state index contributed by atoms with van der Waals surface area (Å²) < 4.78 is 54.9. The molecule has 2 aliphatic heterocycles. The first-order valence-electron chi connectivity index (χ1n) is 13.9. The number of carbonyl (C=O) groups is 1. The molecule has 2 saturated heterocycles. The van der Waals surface area contributed by atoms with Crippen LogP contribution in [-0.4, -0.2) is 81.1 Å². The Bertz CT molecular complexity index is 1440. The molecule has 5 rings (SSSR count). The molecule has 0 bridgehead atoms. The molecule has 2 aromatic heterocycles. The molecule has 3 aromatic rings. The SMILES string of the molecule is Cc1nc(Nc2nc(-c3cc(F)cc(C(F)(F)F)c3)c(CN3CCC[C@H]3C)s2)cc(N2CCN(CCC(=O)O)CC2)n1.Cl.Cl.Cl. The first-order valence-corrected chi connectivity index (χ1v) is 14.7. The summed E-state index contributed by atoms with van der Waals surface area (Å²) in [5.74, 6) is -0.0533. The second-order valence-electron chi connectivity index (χ2n) is 10.7. The third kappa shape index (κ3) is 10.00. The minimum atomic E-state index is -4.69. The summed E-state index contributed by atoms with van der Waals surface area (Å²) in [6.07, 6.45) is -2.51. The maximum absolute atomic E-state index is 14.4. The topological polar surface area (TPSA) is 97.7 Å². The van der Waals surface area contributed by atoms with Crippen LogP contribution in [0.4, 0.5) is 34.3 Å². The molecule has 2 fully saturated rings. The first kappa shape index (κ1) is 38.7. The smallest absolute Gasteiger partial charge is 0.416 e. The molecule has 1 aromatic carbocycles. The summed E-state index contributed by atoms with van der Waals surface area (Å²) in [4.78, 5) is 31.8. The summed E-state index contributed by atoms with van der Waals surface area (Å²) in [5.41, 5.74) is -0.663. The van der Waals surface area contributed by atoms with E-state index in [1.54, 1.807) is 13.0 Å². The number of piperazine rings is 1. The van der Waals surface area contributed by atoms with E-state index in [9.17, 15) is 22.4 Å². The monoisotopic (exact) mass is 715 g/mol. The molecule has 2 N–H and O–H groups in total. The molecule has 1 atom stereocenters. The Hall–Kier alpha value is -2.49.